The van der Waals surface area contributed by atoms with Crippen LogP contribution in [-0.2, 0) is 0 Å². The van der Waals surface area contributed by atoms with Crippen LogP contribution in [0.5, 0.6) is 0 Å². The third-order valence-electron chi connectivity index (χ3n) is 5.08. The molecule has 1 saturated carbocycles. The Labute approximate surface area is 115 Å². The van der Waals surface area contributed by atoms with Crippen LogP contribution in [0.25, 0.3) is 0 Å². The predicted octanol–water partition coefficient (Wildman–Crippen LogP) is 3.08. The van der Waals surface area contributed by atoms with E-state index in [0.29, 0.717) is 17.8 Å². The van der Waals surface area contributed by atoms with Gasteiger partial charge in [-0.3, -0.25) is 0 Å². The lowest BCUT2D eigenvalue weighted by atomic mass is 9.80. The molecule has 0 aromatic carbocycles. The van der Waals surface area contributed by atoms with Crippen molar-refractivity contribution in [1.29, 1.82) is 0 Å². The molecular weight excluding hydrogens is 238 g/mol. The SMILES string of the molecule is CCC1CCC(c2noc([C@@H]3CNC[C@H]3C)n2)CC1. The van der Waals surface area contributed by atoms with Crippen LogP contribution in [0.1, 0.15) is 69.5 Å². The van der Waals surface area contributed by atoms with E-state index < -0.39 is 0 Å². The fraction of sp³-hybridized carbons (Fsp3) is 0.867. The van der Waals surface area contributed by atoms with Gasteiger partial charge in [0.1, 0.15) is 0 Å². The molecule has 0 unspecified atom stereocenters. The van der Waals surface area contributed by atoms with Crippen molar-refractivity contribution in [2.45, 2.75) is 57.8 Å². The van der Waals surface area contributed by atoms with Crippen molar-refractivity contribution in [2.24, 2.45) is 11.8 Å². The second-order valence-corrected chi connectivity index (χ2v) is 6.36. The van der Waals surface area contributed by atoms with Crippen LogP contribution in [-0.4, -0.2) is 23.2 Å². The van der Waals surface area contributed by atoms with Gasteiger partial charge in [0.2, 0.25) is 5.89 Å². The summed E-state index contributed by atoms with van der Waals surface area (Å²) in [5.41, 5.74) is 0. The van der Waals surface area contributed by atoms with E-state index in [0.717, 1.165) is 30.7 Å². The molecule has 4 heteroatoms. The minimum atomic E-state index is 0.410. The third kappa shape index (κ3) is 2.69. The standard InChI is InChI=1S/C15H25N3O/c1-3-11-4-6-12(7-5-11)14-17-15(19-18-14)13-9-16-8-10(13)2/h10-13,16H,3-9H2,1-2H3/t10-,11?,12?,13-/m1/s1. The molecule has 0 spiro atoms. The van der Waals surface area contributed by atoms with Gasteiger partial charge in [-0.15, -0.1) is 0 Å². The lowest BCUT2D eigenvalue weighted by Crippen LogP contribution is -2.14. The van der Waals surface area contributed by atoms with E-state index in [-0.39, 0.29) is 0 Å². The molecular formula is C15H25N3O. The molecule has 0 radical (unpaired) electrons. The molecule has 2 aliphatic rings. The molecule has 1 saturated heterocycles. The van der Waals surface area contributed by atoms with Gasteiger partial charge >= 0.3 is 0 Å². The van der Waals surface area contributed by atoms with Crippen LogP contribution >= 0.6 is 0 Å². The van der Waals surface area contributed by atoms with Gasteiger partial charge in [0.25, 0.3) is 0 Å². The summed E-state index contributed by atoms with van der Waals surface area (Å²) in [5, 5.41) is 7.65. The first kappa shape index (κ1) is 13.1. The highest BCUT2D eigenvalue weighted by Crippen LogP contribution is 2.36. The number of hydrogen-bond donors (Lipinski definition) is 1. The molecule has 1 aliphatic carbocycles. The summed E-state index contributed by atoms with van der Waals surface area (Å²) >= 11 is 0. The molecule has 1 aromatic heterocycles. The summed E-state index contributed by atoms with van der Waals surface area (Å²) in [7, 11) is 0. The summed E-state index contributed by atoms with van der Waals surface area (Å²) in [4.78, 5) is 4.70. The minimum Gasteiger partial charge on any atom is -0.339 e. The van der Waals surface area contributed by atoms with Crippen molar-refractivity contribution in [3.8, 4) is 0 Å². The number of nitrogens with one attached hydrogen (secondary N) is 1. The summed E-state index contributed by atoms with van der Waals surface area (Å²) in [6.45, 7) is 6.59. The van der Waals surface area contributed by atoms with Crippen LogP contribution in [0.2, 0.25) is 0 Å². The first-order valence-corrected chi connectivity index (χ1v) is 7.82. The minimum absolute atomic E-state index is 0.410. The lowest BCUT2D eigenvalue weighted by Gasteiger charge is -2.25. The van der Waals surface area contributed by atoms with Crippen LogP contribution < -0.4 is 5.32 Å². The second kappa shape index (κ2) is 5.61. The number of hydrogen-bond acceptors (Lipinski definition) is 4. The molecule has 0 amide bonds. The molecule has 19 heavy (non-hydrogen) atoms. The average Bonchev–Trinajstić information content (AvgIpc) is 3.07. The van der Waals surface area contributed by atoms with Crippen LogP contribution in [0, 0.1) is 11.8 Å². The topological polar surface area (TPSA) is 51.0 Å². The van der Waals surface area contributed by atoms with Crippen molar-refractivity contribution in [3.63, 3.8) is 0 Å². The Balaban J connectivity index is 1.65. The van der Waals surface area contributed by atoms with Crippen LogP contribution in [0.4, 0.5) is 0 Å². The monoisotopic (exact) mass is 263 g/mol. The largest absolute Gasteiger partial charge is 0.339 e. The Morgan fingerprint density at radius 3 is 2.63 bits per heavy atom. The zero-order valence-corrected chi connectivity index (χ0v) is 12.1. The van der Waals surface area contributed by atoms with Gasteiger partial charge < -0.3 is 9.84 Å². The zero-order chi connectivity index (χ0) is 13.2. The van der Waals surface area contributed by atoms with Gasteiger partial charge in [-0.2, -0.15) is 4.98 Å². The fourth-order valence-electron chi connectivity index (χ4n) is 3.53. The maximum absolute atomic E-state index is 5.52. The van der Waals surface area contributed by atoms with Gasteiger partial charge in [0.15, 0.2) is 5.82 Å². The summed E-state index contributed by atoms with van der Waals surface area (Å²) in [6, 6.07) is 0. The lowest BCUT2D eigenvalue weighted by molar-refractivity contribution is 0.299. The molecule has 2 atom stereocenters. The molecule has 2 heterocycles. The first-order chi connectivity index (χ1) is 9.28. The van der Waals surface area contributed by atoms with Crippen molar-refractivity contribution in [2.75, 3.05) is 13.1 Å². The molecule has 1 aromatic rings. The number of aromatic nitrogens is 2. The van der Waals surface area contributed by atoms with Gasteiger partial charge in [-0.1, -0.05) is 25.4 Å². The van der Waals surface area contributed by atoms with Gasteiger partial charge in [0, 0.05) is 12.5 Å². The summed E-state index contributed by atoms with van der Waals surface area (Å²) < 4.78 is 5.52. The van der Waals surface area contributed by atoms with Gasteiger partial charge in [-0.25, -0.2) is 0 Å². The Bertz CT molecular complexity index is 409. The predicted molar refractivity (Wildman–Crippen MR) is 74.1 cm³/mol. The maximum Gasteiger partial charge on any atom is 0.231 e. The van der Waals surface area contributed by atoms with E-state index in [4.69, 9.17) is 9.51 Å². The van der Waals surface area contributed by atoms with Crippen LogP contribution in [0.3, 0.4) is 0 Å². The zero-order valence-electron chi connectivity index (χ0n) is 12.1. The van der Waals surface area contributed by atoms with E-state index in [1.165, 1.54) is 32.1 Å². The van der Waals surface area contributed by atoms with Crippen LogP contribution in [0.15, 0.2) is 4.52 Å². The Kier molecular flexibility index (Phi) is 3.87. The highest BCUT2D eigenvalue weighted by atomic mass is 16.5. The quantitative estimate of drug-likeness (QED) is 0.910. The fourth-order valence-corrected chi connectivity index (χ4v) is 3.53. The number of rotatable bonds is 3. The summed E-state index contributed by atoms with van der Waals surface area (Å²) in [5.74, 6) is 4.28. The van der Waals surface area contributed by atoms with Crippen molar-refractivity contribution < 1.29 is 4.52 Å². The number of nitrogens with zero attached hydrogens (tertiary/aromatic N) is 2. The van der Waals surface area contributed by atoms with Crippen molar-refractivity contribution in [3.05, 3.63) is 11.7 Å². The Morgan fingerprint density at radius 2 is 2.00 bits per heavy atom. The molecule has 4 nitrogen and oxygen atoms in total. The molecule has 2 fully saturated rings. The third-order valence-corrected chi connectivity index (χ3v) is 5.08. The molecule has 0 bridgehead atoms. The maximum atomic E-state index is 5.52. The van der Waals surface area contributed by atoms with Gasteiger partial charge in [0.05, 0.1) is 5.92 Å². The highest BCUT2D eigenvalue weighted by Gasteiger charge is 2.31. The van der Waals surface area contributed by atoms with E-state index in [9.17, 15) is 0 Å². The molecule has 106 valence electrons. The average molecular weight is 263 g/mol. The summed E-state index contributed by atoms with van der Waals surface area (Å²) in [6.07, 6.45) is 6.43. The van der Waals surface area contributed by atoms with Gasteiger partial charge in [-0.05, 0) is 44.1 Å². The second-order valence-electron chi connectivity index (χ2n) is 6.36. The Hall–Kier alpha value is -0.900. The van der Waals surface area contributed by atoms with E-state index in [1.54, 1.807) is 0 Å². The molecule has 1 N–H and O–H groups in total. The molecule has 1 aliphatic heterocycles. The van der Waals surface area contributed by atoms with E-state index in [2.05, 4.69) is 24.3 Å². The van der Waals surface area contributed by atoms with Crippen molar-refractivity contribution >= 4 is 0 Å². The van der Waals surface area contributed by atoms with E-state index in [1.807, 2.05) is 0 Å². The first-order valence-electron chi connectivity index (χ1n) is 7.82. The Morgan fingerprint density at radius 1 is 1.21 bits per heavy atom. The normalized spacial score (nSPS) is 35.7. The highest BCUT2D eigenvalue weighted by molar-refractivity contribution is 5.04. The van der Waals surface area contributed by atoms with E-state index >= 15 is 0 Å². The van der Waals surface area contributed by atoms with Crippen molar-refractivity contribution in [1.82, 2.24) is 15.5 Å². The molecule has 3 rings (SSSR count). The smallest absolute Gasteiger partial charge is 0.231 e.